The number of piperazine rings is 1. The molecule has 0 aromatic heterocycles. The molecule has 0 aromatic carbocycles. The molecular formula is C15H22N4O2S2. The number of nitrogens with one attached hydrogen (secondary N) is 2. The Labute approximate surface area is 146 Å². The van der Waals surface area contributed by atoms with E-state index < -0.39 is 0 Å². The lowest BCUT2D eigenvalue weighted by atomic mass is 10.2. The Balaban J connectivity index is 1.47. The van der Waals surface area contributed by atoms with Crippen molar-refractivity contribution in [3.05, 3.63) is 0 Å². The first-order chi connectivity index (χ1) is 11.0. The van der Waals surface area contributed by atoms with Crippen molar-refractivity contribution in [1.82, 2.24) is 20.4 Å². The minimum atomic E-state index is 0.0387. The van der Waals surface area contributed by atoms with Crippen molar-refractivity contribution in [3.8, 4) is 0 Å². The van der Waals surface area contributed by atoms with Gasteiger partial charge in [-0.25, -0.2) is 0 Å². The standard InChI is InChI=1S/C15H22N4O2S2/c1-9-8-18(14(22)16-12(20)10-2-3-10)6-7-19(9)15(23)17-13(21)11-4-5-11/h9-11H,2-8H2,1H3,(H,16,20,22)(H,17,21,23)/t9-/m1/s1. The summed E-state index contributed by atoms with van der Waals surface area (Å²) in [6.45, 7) is 4.11. The summed E-state index contributed by atoms with van der Waals surface area (Å²) in [4.78, 5) is 27.7. The molecule has 23 heavy (non-hydrogen) atoms. The van der Waals surface area contributed by atoms with Crippen molar-refractivity contribution in [2.75, 3.05) is 19.6 Å². The highest BCUT2D eigenvalue weighted by Gasteiger charge is 2.34. The second kappa shape index (κ2) is 6.68. The van der Waals surface area contributed by atoms with Crippen LogP contribution in [0.4, 0.5) is 0 Å². The number of thiocarbonyl (C=S) groups is 2. The lowest BCUT2D eigenvalue weighted by Crippen LogP contribution is -2.60. The van der Waals surface area contributed by atoms with Gasteiger partial charge in [-0.3, -0.25) is 9.59 Å². The largest absolute Gasteiger partial charge is 0.345 e. The van der Waals surface area contributed by atoms with Crippen LogP contribution in [-0.2, 0) is 9.59 Å². The molecule has 3 rings (SSSR count). The molecule has 3 aliphatic rings. The van der Waals surface area contributed by atoms with Gasteiger partial charge in [-0.2, -0.15) is 0 Å². The SMILES string of the molecule is C[C@@H]1CN(C(=S)NC(=O)C2CC2)CCN1C(=S)NC(=O)C1CC1. The second-order valence-corrected chi connectivity index (χ2v) is 7.40. The first-order valence-electron chi connectivity index (χ1n) is 8.17. The molecule has 2 N–H and O–H groups in total. The van der Waals surface area contributed by atoms with E-state index in [4.69, 9.17) is 24.4 Å². The molecule has 6 nitrogen and oxygen atoms in total. The molecule has 126 valence electrons. The molecule has 3 fully saturated rings. The van der Waals surface area contributed by atoms with Crippen molar-refractivity contribution in [2.24, 2.45) is 11.8 Å². The van der Waals surface area contributed by atoms with Gasteiger partial charge < -0.3 is 20.4 Å². The fourth-order valence-electron chi connectivity index (χ4n) is 2.70. The number of nitrogens with zero attached hydrogens (tertiary/aromatic N) is 2. The Morgan fingerprint density at radius 3 is 1.91 bits per heavy atom. The Bertz CT molecular complexity index is 546. The van der Waals surface area contributed by atoms with E-state index in [0.29, 0.717) is 29.9 Å². The van der Waals surface area contributed by atoms with Crippen molar-refractivity contribution in [2.45, 2.75) is 38.6 Å². The van der Waals surface area contributed by atoms with Gasteiger partial charge in [-0.05, 0) is 57.0 Å². The van der Waals surface area contributed by atoms with E-state index in [1.165, 1.54) is 0 Å². The number of carbonyl (C=O) groups is 2. The summed E-state index contributed by atoms with van der Waals surface area (Å²) >= 11 is 10.7. The average molecular weight is 355 g/mol. The van der Waals surface area contributed by atoms with Gasteiger partial charge in [0, 0.05) is 37.5 Å². The summed E-state index contributed by atoms with van der Waals surface area (Å²) in [5.74, 6) is 0.376. The van der Waals surface area contributed by atoms with Crippen molar-refractivity contribution < 1.29 is 9.59 Å². The molecule has 2 aliphatic carbocycles. The fourth-order valence-corrected chi connectivity index (χ4v) is 3.34. The zero-order valence-electron chi connectivity index (χ0n) is 13.2. The minimum absolute atomic E-state index is 0.0387. The first-order valence-corrected chi connectivity index (χ1v) is 8.98. The third kappa shape index (κ3) is 4.17. The zero-order valence-corrected chi connectivity index (χ0v) is 14.8. The Morgan fingerprint density at radius 2 is 1.43 bits per heavy atom. The normalized spacial score (nSPS) is 24.1. The van der Waals surface area contributed by atoms with E-state index in [1.54, 1.807) is 0 Å². The lowest BCUT2D eigenvalue weighted by Gasteiger charge is -2.41. The van der Waals surface area contributed by atoms with Crippen molar-refractivity contribution in [3.63, 3.8) is 0 Å². The molecule has 2 amide bonds. The molecular weight excluding hydrogens is 332 g/mol. The van der Waals surface area contributed by atoms with E-state index in [0.717, 1.165) is 25.7 Å². The van der Waals surface area contributed by atoms with Gasteiger partial charge >= 0.3 is 0 Å². The monoisotopic (exact) mass is 354 g/mol. The molecule has 1 aliphatic heterocycles. The van der Waals surface area contributed by atoms with E-state index in [2.05, 4.69) is 10.6 Å². The minimum Gasteiger partial charge on any atom is -0.345 e. The summed E-state index contributed by atoms with van der Waals surface area (Å²) in [6, 6.07) is 0.131. The summed E-state index contributed by atoms with van der Waals surface area (Å²) < 4.78 is 0. The van der Waals surface area contributed by atoms with Gasteiger partial charge in [0.2, 0.25) is 11.8 Å². The van der Waals surface area contributed by atoms with Crippen LogP contribution in [0.5, 0.6) is 0 Å². The van der Waals surface area contributed by atoms with E-state index in [-0.39, 0.29) is 29.7 Å². The van der Waals surface area contributed by atoms with Crippen LogP contribution in [0.1, 0.15) is 32.6 Å². The molecule has 0 aromatic rings. The molecule has 1 atom stereocenters. The van der Waals surface area contributed by atoms with Gasteiger partial charge in [0.25, 0.3) is 0 Å². The predicted octanol–water partition coefficient (Wildman–Crippen LogP) is 0.615. The first kappa shape index (κ1) is 16.6. The van der Waals surface area contributed by atoms with Gasteiger partial charge in [0.15, 0.2) is 10.2 Å². The molecule has 8 heteroatoms. The zero-order chi connectivity index (χ0) is 16.6. The maximum atomic E-state index is 11.8. The smallest absolute Gasteiger partial charge is 0.229 e. The molecule has 0 radical (unpaired) electrons. The van der Waals surface area contributed by atoms with E-state index in [1.807, 2.05) is 16.7 Å². The van der Waals surface area contributed by atoms with Crippen LogP contribution in [-0.4, -0.2) is 57.5 Å². The highest BCUT2D eigenvalue weighted by molar-refractivity contribution is 7.80. The molecule has 0 spiro atoms. The third-order valence-electron chi connectivity index (χ3n) is 4.53. The second-order valence-electron chi connectivity index (χ2n) is 6.63. The fraction of sp³-hybridized carbons (Fsp3) is 0.733. The van der Waals surface area contributed by atoms with E-state index in [9.17, 15) is 9.59 Å². The maximum absolute atomic E-state index is 11.8. The van der Waals surface area contributed by atoms with Crippen LogP contribution in [0.2, 0.25) is 0 Å². The average Bonchev–Trinajstić information content (AvgIpc) is 3.39. The van der Waals surface area contributed by atoms with Gasteiger partial charge in [-0.15, -0.1) is 0 Å². The molecule has 0 unspecified atom stereocenters. The number of amides is 2. The Hall–Kier alpha value is -1.28. The van der Waals surface area contributed by atoms with Gasteiger partial charge in [-0.1, -0.05) is 0 Å². The summed E-state index contributed by atoms with van der Waals surface area (Å²) in [7, 11) is 0. The van der Waals surface area contributed by atoms with Crippen LogP contribution < -0.4 is 10.6 Å². The number of hydrogen-bond donors (Lipinski definition) is 2. The highest BCUT2D eigenvalue weighted by Crippen LogP contribution is 2.29. The van der Waals surface area contributed by atoms with E-state index >= 15 is 0 Å². The van der Waals surface area contributed by atoms with Crippen molar-refractivity contribution >= 4 is 46.5 Å². The summed E-state index contributed by atoms with van der Waals surface area (Å²) in [5, 5.41) is 6.67. The molecule has 1 saturated heterocycles. The summed E-state index contributed by atoms with van der Waals surface area (Å²) in [5.41, 5.74) is 0. The lowest BCUT2D eigenvalue weighted by molar-refractivity contribution is -0.121. The van der Waals surface area contributed by atoms with Crippen LogP contribution in [0, 0.1) is 11.8 Å². The van der Waals surface area contributed by atoms with Crippen LogP contribution >= 0.6 is 24.4 Å². The molecule has 1 heterocycles. The topological polar surface area (TPSA) is 64.7 Å². The highest BCUT2D eigenvalue weighted by atomic mass is 32.1. The quantitative estimate of drug-likeness (QED) is 0.709. The third-order valence-corrected chi connectivity index (χ3v) is 5.23. The number of carbonyl (C=O) groups excluding carboxylic acids is 2. The Kier molecular flexibility index (Phi) is 4.82. The number of hydrogen-bond acceptors (Lipinski definition) is 4. The maximum Gasteiger partial charge on any atom is 0.229 e. The van der Waals surface area contributed by atoms with Crippen LogP contribution in [0.15, 0.2) is 0 Å². The van der Waals surface area contributed by atoms with Crippen LogP contribution in [0.3, 0.4) is 0 Å². The van der Waals surface area contributed by atoms with Gasteiger partial charge in [0.1, 0.15) is 0 Å². The summed E-state index contributed by atoms with van der Waals surface area (Å²) in [6.07, 6.45) is 3.86. The number of rotatable bonds is 2. The van der Waals surface area contributed by atoms with Gasteiger partial charge in [0.05, 0.1) is 0 Å². The molecule has 2 saturated carbocycles. The molecule has 0 bridgehead atoms. The van der Waals surface area contributed by atoms with Crippen LogP contribution in [0.25, 0.3) is 0 Å². The Morgan fingerprint density at radius 1 is 0.913 bits per heavy atom. The predicted molar refractivity (Wildman–Crippen MR) is 94.7 cm³/mol. The van der Waals surface area contributed by atoms with Crippen molar-refractivity contribution in [1.29, 1.82) is 0 Å².